The number of amides is 1. The van der Waals surface area contributed by atoms with Gasteiger partial charge in [0.1, 0.15) is 5.75 Å². The zero-order chi connectivity index (χ0) is 19.3. The van der Waals surface area contributed by atoms with Crippen LogP contribution in [0.15, 0.2) is 40.9 Å². The average Bonchev–Trinajstić information content (AvgIpc) is 2.58. The van der Waals surface area contributed by atoms with Gasteiger partial charge in [0.15, 0.2) is 5.11 Å². The molecule has 0 radical (unpaired) electrons. The molecule has 2 aromatic rings. The van der Waals surface area contributed by atoms with E-state index in [-0.39, 0.29) is 10.8 Å². The molecule has 7 nitrogen and oxygen atoms in total. The number of nitro groups is 1. The Balaban J connectivity index is 2.06. The Morgan fingerprint density at radius 1 is 1.31 bits per heavy atom. The number of hydrogen-bond donors (Lipinski definition) is 2. The maximum absolute atomic E-state index is 12.3. The van der Waals surface area contributed by atoms with Gasteiger partial charge in [0.25, 0.3) is 11.6 Å². The van der Waals surface area contributed by atoms with Crippen molar-refractivity contribution in [1.29, 1.82) is 0 Å². The monoisotopic (exact) mass is 437 g/mol. The Labute approximate surface area is 164 Å². The van der Waals surface area contributed by atoms with E-state index in [1.54, 1.807) is 37.3 Å². The number of hydrogen-bond acceptors (Lipinski definition) is 5. The molecule has 2 aromatic carbocycles. The minimum atomic E-state index is -0.473. The summed E-state index contributed by atoms with van der Waals surface area (Å²) in [4.78, 5) is 22.8. The summed E-state index contributed by atoms with van der Waals surface area (Å²) >= 11 is 8.45. The van der Waals surface area contributed by atoms with Gasteiger partial charge < -0.3 is 10.1 Å². The predicted octanol–water partition coefficient (Wildman–Crippen LogP) is 4.19. The Bertz CT molecular complexity index is 873. The predicted molar refractivity (Wildman–Crippen MR) is 107 cm³/mol. The second-order valence-electron chi connectivity index (χ2n) is 5.24. The number of nitrogens with zero attached hydrogens (tertiary/aromatic N) is 1. The van der Waals surface area contributed by atoms with E-state index in [0.29, 0.717) is 33.6 Å². The van der Waals surface area contributed by atoms with Crippen LogP contribution >= 0.6 is 28.1 Å². The summed E-state index contributed by atoms with van der Waals surface area (Å²) in [6, 6.07) is 9.54. The molecule has 0 aliphatic heterocycles. The maximum Gasteiger partial charge on any atom is 0.274 e. The fourth-order valence-electron chi connectivity index (χ4n) is 2.14. The third-order valence-corrected chi connectivity index (χ3v) is 4.21. The van der Waals surface area contributed by atoms with Crippen molar-refractivity contribution in [1.82, 2.24) is 5.32 Å². The van der Waals surface area contributed by atoms with Crippen molar-refractivity contribution < 1.29 is 14.5 Å². The van der Waals surface area contributed by atoms with Gasteiger partial charge in [0, 0.05) is 22.9 Å². The zero-order valence-electron chi connectivity index (χ0n) is 14.0. The number of nitro benzene ring substituents is 1. The van der Waals surface area contributed by atoms with E-state index in [9.17, 15) is 14.9 Å². The van der Waals surface area contributed by atoms with Crippen LogP contribution in [0.25, 0.3) is 0 Å². The second-order valence-corrected chi connectivity index (χ2v) is 6.51. The standard InChI is InChI=1S/C17H16BrN3O4S/c1-3-25-15-7-5-11(8-13(15)18)16(22)20-17(26)19-12-6-4-10(2)14(9-12)21(23)24/h4-9H,3H2,1-2H3,(H2,19,20,22,26). The number of benzene rings is 2. The third-order valence-electron chi connectivity index (χ3n) is 3.38. The second kappa shape index (κ2) is 8.72. The van der Waals surface area contributed by atoms with Crippen LogP contribution in [0.3, 0.4) is 0 Å². The number of nitrogens with one attached hydrogen (secondary N) is 2. The molecule has 0 bridgehead atoms. The quantitative estimate of drug-likeness (QED) is 0.413. The van der Waals surface area contributed by atoms with Crippen molar-refractivity contribution >= 4 is 50.5 Å². The molecular formula is C17H16BrN3O4S. The van der Waals surface area contributed by atoms with Gasteiger partial charge in [-0.25, -0.2) is 0 Å². The molecule has 0 atom stereocenters. The lowest BCUT2D eigenvalue weighted by Crippen LogP contribution is -2.34. The van der Waals surface area contributed by atoms with Crippen molar-refractivity contribution in [3.8, 4) is 5.75 Å². The highest BCUT2D eigenvalue weighted by molar-refractivity contribution is 9.10. The summed E-state index contributed by atoms with van der Waals surface area (Å²) in [5.41, 5.74) is 1.31. The van der Waals surface area contributed by atoms with Gasteiger partial charge in [0.2, 0.25) is 0 Å². The van der Waals surface area contributed by atoms with Crippen LogP contribution in [0.5, 0.6) is 5.75 Å². The number of thiocarbonyl (C=S) groups is 1. The highest BCUT2D eigenvalue weighted by Crippen LogP contribution is 2.26. The number of aryl methyl sites for hydroxylation is 1. The summed E-state index contributed by atoms with van der Waals surface area (Å²) in [6.07, 6.45) is 0. The normalized spacial score (nSPS) is 10.1. The molecular weight excluding hydrogens is 422 g/mol. The summed E-state index contributed by atoms with van der Waals surface area (Å²) in [5.74, 6) is 0.226. The Morgan fingerprint density at radius 2 is 2.04 bits per heavy atom. The van der Waals surface area contributed by atoms with Crippen molar-refractivity contribution in [2.24, 2.45) is 0 Å². The molecule has 0 saturated carbocycles. The van der Waals surface area contributed by atoms with Crippen molar-refractivity contribution in [3.05, 3.63) is 62.1 Å². The minimum Gasteiger partial charge on any atom is -0.493 e. The molecule has 2 rings (SSSR count). The van der Waals surface area contributed by atoms with Crippen LogP contribution in [0.4, 0.5) is 11.4 Å². The first-order valence-electron chi connectivity index (χ1n) is 7.61. The highest BCUT2D eigenvalue weighted by Gasteiger charge is 2.14. The van der Waals surface area contributed by atoms with Gasteiger partial charge in [-0.15, -0.1) is 0 Å². The van der Waals surface area contributed by atoms with E-state index in [2.05, 4.69) is 26.6 Å². The van der Waals surface area contributed by atoms with Gasteiger partial charge in [-0.2, -0.15) is 0 Å². The lowest BCUT2D eigenvalue weighted by molar-refractivity contribution is -0.385. The molecule has 0 unspecified atom stereocenters. The Kier molecular flexibility index (Phi) is 6.64. The Hall–Kier alpha value is -2.52. The zero-order valence-corrected chi connectivity index (χ0v) is 16.4. The molecule has 0 saturated heterocycles. The summed E-state index contributed by atoms with van der Waals surface area (Å²) in [6.45, 7) is 4.03. The average molecular weight is 438 g/mol. The third kappa shape index (κ3) is 4.99. The number of carbonyl (C=O) groups is 1. The largest absolute Gasteiger partial charge is 0.493 e. The first kappa shape index (κ1) is 19.8. The highest BCUT2D eigenvalue weighted by atomic mass is 79.9. The smallest absolute Gasteiger partial charge is 0.274 e. The molecule has 0 heterocycles. The molecule has 136 valence electrons. The van der Waals surface area contributed by atoms with Crippen LogP contribution in [-0.4, -0.2) is 22.5 Å². The molecule has 0 spiro atoms. The lowest BCUT2D eigenvalue weighted by Gasteiger charge is -2.11. The fourth-order valence-corrected chi connectivity index (χ4v) is 2.84. The van der Waals surface area contributed by atoms with Crippen molar-refractivity contribution in [2.45, 2.75) is 13.8 Å². The maximum atomic E-state index is 12.3. The number of halogens is 1. The summed E-state index contributed by atoms with van der Waals surface area (Å²) < 4.78 is 6.05. The molecule has 0 aliphatic rings. The van der Waals surface area contributed by atoms with Gasteiger partial charge in [-0.1, -0.05) is 6.07 Å². The molecule has 1 amide bonds. The van der Waals surface area contributed by atoms with E-state index in [1.165, 1.54) is 6.07 Å². The number of rotatable bonds is 5. The Morgan fingerprint density at radius 3 is 2.65 bits per heavy atom. The SMILES string of the molecule is CCOc1ccc(C(=O)NC(=S)Nc2ccc(C)c([N+](=O)[O-])c2)cc1Br. The first-order valence-corrected chi connectivity index (χ1v) is 8.81. The van der Waals surface area contributed by atoms with E-state index in [4.69, 9.17) is 17.0 Å². The van der Waals surface area contributed by atoms with Crippen LogP contribution in [0.1, 0.15) is 22.8 Å². The van der Waals surface area contributed by atoms with Crippen LogP contribution in [0, 0.1) is 17.0 Å². The molecule has 0 aliphatic carbocycles. The molecule has 0 fully saturated rings. The van der Waals surface area contributed by atoms with E-state index >= 15 is 0 Å². The number of anilines is 1. The van der Waals surface area contributed by atoms with E-state index < -0.39 is 10.8 Å². The van der Waals surface area contributed by atoms with Crippen LogP contribution < -0.4 is 15.4 Å². The molecule has 9 heteroatoms. The number of carbonyl (C=O) groups excluding carboxylic acids is 1. The van der Waals surface area contributed by atoms with Crippen molar-refractivity contribution in [3.63, 3.8) is 0 Å². The summed E-state index contributed by atoms with van der Waals surface area (Å²) in [7, 11) is 0. The fraction of sp³-hybridized carbons (Fsp3) is 0.176. The molecule has 2 N–H and O–H groups in total. The lowest BCUT2D eigenvalue weighted by atomic mass is 10.2. The van der Waals surface area contributed by atoms with Gasteiger partial charge >= 0.3 is 0 Å². The first-order chi connectivity index (χ1) is 12.3. The van der Waals surface area contributed by atoms with E-state index in [0.717, 1.165) is 0 Å². The van der Waals surface area contributed by atoms with Gasteiger partial charge in [-0.3, -0.25) is 20.2 Å². The molecule has 0 aromatic heterocycles. The minimum absolute atomic E-state index is 0.0282. The van der Waals surface area contributed by atoms with Crippen molar-refractivity contribution in [2.75, 3.05) is 11.9 Å². The van der Waals surface area contributed by atoms with Gasteiger partial charge in [-0.05, 0) is 66.3 Å². The summed E-state index contributed by atoms with van der Waals surface area (Å²) in [5, 5.41) is 16.3. The number of ether oxygens (including phenoxy) is 1. The van der Waals surface area contributed by atoms with Crippen LogP contribution in [0.2, 0.25) is 0 Å². The van der Waals surface area contributed by atoms with E-state index in [1.807, 2.05) is 6.92 Å². The topological polar surface area (TPSA) is 93.5 Å². The molecule has 26 heavy (non-hydrogen) atoms. The van der Waals surface area contributed by atoms with Gasteiger partial charge in [0.05, 0.1) is 16.0 Å². The van der Waals surface area contributed by atoms with Crippen LogP contribution in [-0.2, 0) is 0 Å².